The Balaban J connectivity index is 1.73. The van der Waals surface area contributed by atoms with Crippen LogP contribution >= 0.6 is 0 Å². The SMILES string of the molecule is O=C1O[C@]2(CC[C@H](C(=O)O)CC2)CN1c1ccc(F)cc1. The Morgan fingerprint density at radius 3 is 2.48 bits per heavy atom. The van der Waals surface area contributed by atoms with Crippen LogP contribution in [0.4, 0.5) is 14.9 Å². The van der Waals surface area contributed by atoms with Gasteiger partial charge < -0.3 is 9.84 Å². The lowest BCUT2D eigenvalue weighted by atomic mass is 9.79. The summed E-state index contributed by atoms with van der Waals surface area (Å²) in [4.78, 5) is 24.5. The van der Waals surface area contributed by atoms with Crippen molar-refractivity contribution in [1.29, 1.82) is 0 Å². The van der Waals surface area contributed by atoms with Gasteiger partial charge in [0.2, 0.25) is 0 Å². The quantitative estimate of drug-likeness (QED) is 0.910. The summed E-state index contributed by atoms with van der Waals surface area (Å²) in [6.07, 6.45) is 1.68. The van der Waals surface area contributed by atoms with Gasteiger partial charge in [-0.15, -0.1) is 0 Å². The summed E-state index contributed by atoms with van der Waals surface area (Å²) >= 11 is 0. The molecule has 21 heavy (non-hydrogen) atoms. The minimum absolute atomic E-state index is 0.353. The van der Waals surface area contributed by atoms with Crippen LogP contribution in [0, 0.1) is 11.7 Å². The third-order valence-corrected chi connectivity index (χ3v) is 4.35. The van der Waals surface area contributed by atoms with Crippen LogP contribution in [0.3, 0.4) is 0 Å². The van der Waals surface area contributed by atoms with Gasteiger partial charge in [-0.1, -0.05) is 0 Å². The predicted octanol–water partition coefficient (Wildman–Crippen LogP) is 2.80. The maximum Gasteiger partial charge on any atom is 0.415 e. The second-order valence-electron chi connectivity index (χ2n) is 5.73. The average Bonchev–Trinajstić information content (AvgIpc) is 2.77. The zero-order chi connectivity index (χ0) is 15.0. The van der Waals surface area contributed by atoms with Gasteiger partial charge in [0.15, 0.2) is 0 Å². The van der Waals surface area contributed by atoms with Crippen LogP contribution in [-0.4, -0.2) is 29.3 Å². The molecule has 0 radical (unpaired) electrons. The standard InChI is InChI=1S/C15H16FNO4/c16-11-1-3-12(4-2-11)17-9-15(21-14(17)20)7-5-10(6-8-15)13(18)19/h1-4,10H,5-9H2,(H,18,19)/t10-,15-. The van der Waals surface area contributed by atoms with E-state index in [2.05, 4.69) is 0 Å². The number of rotatable bonds is 2. The topological polar surface area (TPSA) is 66.8 Å². The van der Waals surface area contributed by atoms with Crippen LogP contribution in [0.15, 0.2) is 24.3 Å². The molecule has 2 aliphatic rings. The molecule has 0 aromatic heterocycles. The molecule has 1 aliphatic heterocycles. The van der Waals surface area contributed by atoms with Gasteiger partial charge in [0, 0.05) is 5.69 Å². The Morgan fingerprint density at radius 1 is 1.29 bits per heavy atom. The fourth-order valence-corrected chi connectivity index (χ4v) is 3.09. The minimum atomic E-state index is -0.787. The molecule has 1 spiro atoms. The van der Waals surface area contributed by atoms with Crippen molar-refractivity contribution < 1.29 is 23.8 Å². The van der Waals surface area contributed by atoms with Gasteiger partial charge in [0.25, 0.3) is 0 Å². The van der Waals surface area contributed by atoms with Gasteiger partial charge in [-0.2, -0.15) is 0 Å². The third-order valence-electron chi connectivity index (χ3n) is 4.35. The number of halogens is 1. The van der Waals surface area contributed by atoms with Gasteiger partial charge in [-0.25, -0.2) is 9.18 Å². The van der Waals surface area contributed by atoms with Crippen molar-refractivity contribution in [2.45, 2.75) is 31.3 Å². The molecule has 6 heteroatoms. The Bertz CT molecular complexity index is 564. The zero-order valence-corrected chi connectivity index (χ0v) is 11.4. The molecule has 5 nitrogen and oxygen atoms in total. The Kier molecular flexibility index (Phi) is 3.31. The largest absolute Gasteiger partial charge is 0.481 e. The normalized spacial score (nSPS) is 28.7. The number of hydrogen-bond acceptors (Lipinski definition) is 3. The molecule has 112 valence electrons. The summed E-state index contributed by atoms with van der Waals surface area (Å²) in [6.45, 7) is 0.393. The fraction of sp³-hybridized carbons (Fsp3) is 0.467. The smallest absolute Gasteiger partial charge is 0.415 e. The first-order chi connectivity index (χ1) is 9.99. The van der Waals surface area contributed by atoms with Crippen LogP contribution in [0.1, 0.15) is 25.7 Å². The molecule has 1 N–H and O–H groups in total. The molecule has 1 heterocycles. The van der Waals surface area contributed by atoms with E-state index in [1.54, 1.807) is 12.1 Å². The van der Waals surface area contributed by atoms with Gasteiger partial charge in [-0.3, -0.25) is 9.69 Å². The number of benzene rings is 1. The third kappa shape index (κ3) is 2.57. The molecule has 0 bridgehead atoms. The number of carbonyl (C=O) groups is 2. The Hall–Kier alpha value is -2.11. The lowest BCUT2D eigenvalue weighted by Gasteiger charge is -2.33. The first kappa shape index (κ1) is 13.9. The number of nitrogens with zero attached hydrogens (tertiary/aromatic N) is 1. The van der Waals surface area contributed by atoms with E-state index in [0.29, 0.717) is 37.9 Å². The highest BCUT2D eigenvalue weighted by molar-refractivity contribution is 5.90. The van der Waals surface area contributed by atoms with Crippen LogP contribution in [0.2, 0.25) is 0 Å². The summed E-state index contributed by atoms with van der Waals surface area (Å²) in [5, 5.41) is 9.02. The number of anilines is 1. The van der Waals surface area contributed by atoms with Crippen molar-refractivity contribution in [2.24, 2.45) is 5.92 Å². The van der Waals surface area contributed by atoms with Crippen LogP contribution in [-0.2, 0) is 9.53 Å². The van der Waals surface area contributed by atoms with Crippen molar-refractivity contribution in [3.05, 3.63) is 30.1 Å². The molecule has 0 unspecified atom stereocenters. The molecule has 3 rings (SSSR count). The molecule has 1 amide bonds. The van der Waals surface area contributed by atoms with Gasteiger partial charge in [-0.05, 0) is 49.9 Å². The van der Waals surface area contributed by atoms with Crippen molar-refractivity contribution >= 4 is 17.7 Å². The number of hydrogen-bond donors (Lipinski definition) is 1. The molecular formula is C15H16FNO4. The molecule has 1 aliphatic carbocycles. The monoisotopic (exact) mass is 293 g/mol. The molecule has 1 saturated carbocycles. The predicted molar refractivity (Wildman–Crippen MR) is 72.6 cm³/mol. The number of ether oxygens (including phenoxy) is 1. The van der Waals surface area contributed by atoms with E-state index < -0.39 is 17.7 Å². The maximum absolute atomic E-state index is 12.9. The van der Waals surface area contributed by atoms with Crippen molar-refractivity contribution in [2.75, 3.05) is 11.4 Å². The number of carboxylic acids is 1. The molecule has 1 aromatic carbocycles. The highest BCUT2D eigenvalue weighted by atomic mass is 19.1. The first-order valence-corrected chi connectivity index (χ1v) is 6.98. The van der Waals surface area contributed by atoms with E-state index >= 15 is 0 Å². The number of carbonyl (C=O) groups excluding carboxylic acids is 1. The van der Waals surface area contributed by atoms with Crippen LogP contribution in [0.25, 0.3) is 0 Å². The summed E-state index contributed by atoms with van der Waals surface area (Å²) < 4.78 is 18.5. The van der Waals surface area contributed by atoms with Gasteiger partial charge in [0.1, 0.15) is 11.4 Å². The van der Waals surface area contributed by atoms with Gasteiger partial charge >= 0.3 is 12.1 Å². The summed E-state index contributed by atoms with van der Waals surface area (Å²) in [6, 6.07) is 5.68. The van der Waals surface area contributed by atoms with Crippen molar-refractivity contribution in [3.8, 4) is 0 Å². The van der Waals surface area contributed by atoms with E-state index in [4.69, 9.17) is 9.84 Å². The molecule has 0 atom stereocenters. The minimum Gasteiger partial charge on any atom is -0.481 e. The van der Waals surface area contributed by atoms with Gasteiger partial charge in [0.05, 0.1) is 12.5 Å². The van der Waals surface area contributed by atoms with Crippen molar-refractivity contribution in [1.82, 2.24) is 0 Å². The average molecular weight is 293 g/mol. The lowest BCUT2D eigenvalue weighted by molar-refractivity contribution is -0.144. The highest BCUT2D eigenvalue weighted by Crippen LogP contribution is 2.40. The van der Waals surface area contributed by atoms with Crippen LogP contribution in [0.5, 0.6) is 0 Å². The molecule has 1 saturated heterocycles. The molecule has 1 aromatic rings. The summed E-state index contributed by atoms with van der Waals surface area (Å²) in [7, 11) is 0. The second-order valence-corrected chi connectivity index (χ2v) is 5.73. The Morgan fingerprint density at radius 2 is 1.90 bits per heavy atom. The zero-order valence-electron chi connectivity index (χ0n) is 11.4. The highest BCUT2D eigenvalue weighted by Gasteiger charge is 2.48. The fourth-order valence-electron chi connectivity index (χ4n) is 3.09. The first-order valence-electron chi connectivity index (χ1n) is 6.98. The Labute approximate surface area is 121 Å². The van der Waals surface area contributed by atoms with E-state index in [1.165, 1.54) is 17.0 Å². The van der Waals surface area contributed by atoms with E-state index in [0.717, 1.165) is 0 Å². The lowest BCUT2D eigenvalue weighted by Crippen LogP contribution is -2.40. The van der Waals surface area contributed by atoms with E-state index in [-0.39, 0.29) is 11.7 Å². The number of aliphatic carboxylic acids is 1. The summed E-state index contributed by atoms with van der Waals surface area (Å²) in [5.41, 5.74) is -0.00383. The second kappa shape index (κ2) is 5.02. The molecular weight excluding hydrogens is 277 g/mol. The number of amides is 1. The maximum atomic E-state index is 12.9. The van der Waals surface area contributed by atoms with Crippen molar-refractivity contribution in [3.63, 3.8) is 0 Å². The summed E-state index contributed by atoms with van der Waals surface area (Å²) in [5.74, 6) is -1.50. The molecule has 2 fully saturated rings. The van der Waals surface area contributed by atoms with Crippen LogP contribution < -0.4 is 4.90 Å². The van der Waals surface area contributed by atoms with E-state index in [1.807, 2.05) is 0 Å². The number of carboxylic acid groups (broad SMARTS) is 1. The van der Waals surface area contributed by atoms with E-state index in [9.17, 15) is 14.0 Å².